The maximum atomic E-state index is 12.6. The topological polar surface area (TPSA) is 87.7 Å². The van der Waals surface area contributed by atoms with Gasteiger partial charge in [0.1, 0.15) is 17.8 Å². The van der Waals surface area contributed by atoms with Crippen LogP contribution in [-0.4, -0.2) is 41.4 Å². The fraction of sp³-hybridized carbons (Fsp3) is 0.500. The minimum atomic E-state index is -2.94. The van der Waals surface area contributed by atoms with Crippen LogP contribution >= 0.6 is 0 Å². The molecule has 0 aromatic heterocycles. The van der Waals surface area contributed by atoms with Gasteiger partial charge >= 0.3 is 12.6 Å². The van der Waals surface area contributed by atoms with E-state index in [2.05, 4.69) is 15.4 Å². The first-order chi connectivity index (χ1) is 12.6. The Bertz CT molecular complexity index is 709. The second-order valence-electron chi connectivity index (χ2n) is 7.04. The molecule has 1 saturated heterocycles. The molecule has 1 aromatic rings. The highest BCUT2D eigenvalue weighted by Gasteiger charge is 2.47. The van der Waals surface area contributed by atoms with Gasteiger partial charge in [0.2, 0.25) is 5.91 Å². The first-order valence-electron chi connectivity index (χ1n) is 8.59. The number of benzene rings is 1. The van der Waals surface area contributed by atoms with E-state index in [-0.39, 0.29) is 5.75 Å². The smallest absolute Gasteiger partial charge is 0.387 e. The predicted molar refractivity (Wildman–Crippen MR) is 94.4 cm³/mol. The van der Waals surface area contributed by atoms with Gasteiger partial charge in [0.15, 0.2) is 0 Å². The molecule has 0 spiro atoms. The van der Waals surface area contributed by atoms with E-state index >= 15 is 0 Å². The van der Waals surface area contributed by atoms with Crippen molar-refractivity contribution >= 4 is 23.5 Å². The number of hydrogen-bond acceptors (Lipinski definition) is 4. The minimum absolute atomic E-state index is 0.0435. The van der Waals surface area contributed by atoms with Gasteiger partial charge in [0, 0.05) is 5.69 Å². The quantitative estimate of drug-likeness (QED) is 0.676. The molecule has 1 aliphatic heterocycles. The second kappa shape index (κ2) is 8.32. The van der Waals surface area contributed by atoms with E-state index in [1.54, 1.807) is 6.92 Å². The summed E-state index contributed by atoms with van der Waals surface area (Å²) in [4.78, 5) is 37.7. The molecule has 2 N–H and O–H groups in total. The Labute approximate surface area is 156 Å². The van der Waals surface area contributed by atoms with Crippen LogP contribution in [0.1, 0.15) is 33.6 Å². The SMILES string of the molecule is CC(C)CC[C@]1(C)NC(=O)N(CC(=O)Nc2ccc(OC(F)F)cc2)C1=O. The molecule has 4 amide bonds. The maximum absolute atomic E-state index is 12.6. The molecular weight excluding hydrogens is 360 g/mol. The predicted octanol–water partition coefficient (Wildman–Crippen LogP) is 2.97. The van der Waals surface area contributed by atoms with Crippen molar-refractivity contribution in [2.24, 2.45) is 5.92 Å². The summed E-state index contributed by atoms with van der Waals surface area (Å²) in [7, 11) is 0. The number of anilines is 1. The van der Waals surface area contributed by atoms with Crippen molar-refractivity contribution in [1.82, 2.24) is 10.2 Å². The van der Waals surface area contributed by atoms with E-state index < -0.39 is 36.5 Å². The summed E-state index contributed by atoms with van der Waals surface area (Å²) >= 11 is 0. The highest BCUT2D eigenvalue weighted by Crippen LogP contribution is 2.25. The third-order valence-corrected chi connectivity index (χ3v) is 4.23. The van der Waals surface area contributed by atoms with Crippen molar-refractivity contribution in [3.8, 4) is 5.75 Å². The lowest BCUT2D eigenvalue weighted by atomic mass is 9.92. The van der Waals surface area contributed by atoms with Crippen molar-refractivity contribution in [1.29, 1.82) is 0 Å². The summed E-state index contributed by atoms with van der Waals surface area (Å²) in [5.41, 5.74) is -0.688. The third-order valence-electron chi connectivity index (χ3n) is 4.23. The largest absolute Gasteiger partial charge is 0.435 e. The zero-order valence-corrected chi connectivity index (χ0v) is 15.4. The number of hydrogen-bond donors (Lipinski definition) is 2. The molecule has 1 aliphatic rings. The van der Waals surface area contributed by atoms with Gasteiger partial charge in [-0.1, -0.05) is 13.8 Å². The van der Waals surface area contributed by atoms with E-state index in [0.717, 1.165) is 11.3 Å². The normalized spacial score (nSPS) is 19.6. The Balaban J connectivity index is 1.95. The van der Waals surface area contributed by atoms with E-state index in [4.69, 9.17) is 0 Å². The van der Waals surface area contributed by atoms with Crippen molar-refractivity contribution in [3.63, 3.8) is 0 Å². The number of carbonyl (C=O) groups excluding carboxylic acids is 3. The van der Waals surface area contributed by atoms with Gasteiger partial charge in [-0.15, -0.1) is 0 Å². The minimum Gasteiger partial charge on any atom is -0.435 e. The molecule has 1 aromatic carbocycles. The molecule has 7 nitrogen and oxygen atoms in total. The van der Waals surface area contributed by atoms with Gasteiger partial charge in [-0.2, -0.15) is 8.78 Å². The molecule has 0 unspecified atom stereocenters. The average molecular weight is 383 g/mol. The molecule has 2 rings (SSSR count). The molecule has 0 radical (unpaired) electrons. The number of ether oxygens (including phenoxy) is 1. The highest BCUT2D eigenvalue weighted by molar-refractivity contribution is 6.09. The van der Waals surface area contributed by atoms with Crippen molar-refractivity contribution in [2.75, 3.05) is 11.9 Å². The third kappa shape index (κ3) is 5.38. The summed E-state index contributed by atoms with van der Waals surface area (Å²) in [6.45, 7) is 2.32. The van der Waals surface area contributed by atoms with Gasteiger partial charge in [0.25, 0.3) is 5.91 Å². The number of nitrogens with zero attached hydrogens (tertiary/aromatic N) is 1. The molecule has 1 atom stereocenters. The van der Waals surface area contributed by atoms with Crippen molar-refractivity contribution in [3.05, 3.63) is 24.3 Å². The number of carbonyl (C=O) groups is 3. The number of amides is 4. The summed E-state index contributed by atoms with van der Waals surface area (Å²) in [5, 5.41) is 5.16. The van der Waals surface area contributed by atoms with Crippen molar-refractivity contribution in [2.45, 2.75) is 45.8 Å². The Kier molecular flexibility index (Phi) is 6.35. The van der Waals surface area contributed by atoms with Crippen LogP contribution in [0.5, 0.6) is 5.75 Å². The van der Waals surface area contributed by atoms with E-state index in [9.17, 15) is 23.2 Å². The maximum Gasteiger partial charge on any atom is 0.387 e. The number of urea groups is 1. The fourth-order valence-electron chi connectivity index (χ4n) is 2.70. The van der Waals surface area contributed by atoms with Crippen LogP contribution in [0, 0.1) is 5.92 Å². The van der Waals surface area contributed by atoms with Crippen LogP contribution < -0.4 is 15.4 Å². The Hall–Kier alpha value is -2.71. The Morgan fingerprint density at radius 1 is 1.26 bits per heavy atom. The molecule has 27 heavy (non-hydrogen) atoms. The summed E-state index contributed by atoms with van der Waals surface area (Å²) in [6, 6.07) is 4.71. The molecule has 0 aliphatic carbocycles. The Morgan fingerprint density at radius 2 is 1.89 bits per heavy atom. The number of rotatable bonds is 8. The molecule has 148 valence electrons. The van der Waals surface area contributed by atoms with Gasteiger partial charge in [-0.25, -0.2) is 4.79 Å². The van der Waals surface area contributed by atoms with Crippen LogP contribution in [-0.2, 0) is 9.59 Å². The van der Waals surface area contributed by atoms with Crippen molar-refractivity contribution < 1.29 is 27.9 Å². The van der Waals surface area contributed by atoms with Crippen LogP contribution in [0.3, 0.4) is 0 Å². The lowest BCUT2D eigenvalue weighted by molar-refractivity contribution is -0.133. The molecule has 1 fully saturated rings. The van der Waals surface area contributed by atoms with Gasteiger partial charge < -0.3 is 15.4 Å². The molecule has 1 heterocycles. The second-order valence-corrected chi connectivity index (χ2v) is 7.04. The summed E-state index contributed by atoms with van der Waals surface area (Å²) in [5.74, 6) is -0.683. The molecule has 0 bridgehead atoms. The van der Waals surface area contributed by atoms with Crippen LogP contribution in [0.4, 0.5) is 19.3 Å². The standard InChI is InChI=1S/C18H23F2N3O4/c1-11(2)8-9-18(3)15(25)23(17(26)22-18)10-14(24)21-12-4-6-13(7-5-12)27-16(19)20/h4-7,11,16H,8-10H2,1-3H3,(H,21,24)(H,22,26)/t18-/m0/s1. The lowest BCUT2D eigenvalue weighted by Gasteiger charge is -2.22. The summed E-state index contributed by atoms with van der Waals surface area (Å²) < 4.78 is 28.5. The first-order valence-corrected chi connectivity index (χ1v) is 8.59. The Morgan fingerprint density at radius 3 is 2.44 bits per heavy atom. The number of halogens is 2. The highest BCUT2D eigenvalue weighted by atomic mass is 19.3. The van der Waals surface area contributed by atoms with Gasteiger partial charge in [-0.05, 0) is 49.9 Å². The van der Waals surface area contributed by atoms with Crippen LogP contribution in [0.25, 0.3) is 0 Å². The fourth-order valence-corrected chi connectivity index (χ4v) is 2.70. The van der Waals surface area contributed by atoms with Crippen LogP contribution in [0.15, 0.2) is 24.3 Å². The van der Waals surface area contributed by atoms with E-state index in [0.29, 0.717) is 18.0 Å². The lowest BCUT2D eigenvalue weighted by Crippen LogP contribution is -2.44. The number of imide groups is 1. The van der Waals surface area contributed by atoms with Crippen LogP contribution in [0.2, 0.25) is 0 Å². The van der Waals surface area contributed by atoms with Gasteiger partial charge in [-0.3, -0.25) is 14.5 Å². The van der Waals surface area contributed by atoms with E-state index in [1.807, 2.05) is 13.8 Å². The zero-order chi connectivity index (χ0) is 20.2. The molecular formula is C18H23F2N3O4. The average Bonchev–Trinajstić information content (AvgIpc) is 2.78. The zero-order valence-electron chi connectivity index (χ0n) is 15.4. The number of nitrogens with one attached hydrogen (secondary N) is 2. The monoisotopic (exact) mass is 383 g/mol. The first kappa shape index (κ1) is 20.6. The number of alkyl halides is 2. The summed E-state index contributed by atoms with van der Waals surface area (Å²) in [6.07, 6.45) is 1.24. The van der Waals surface area contributed by atoms with Gasteiger partial charge in [0.05, 0.1) is 0 Å². The van der Waals surface area contributed by atoms with E-state index in [1.165, 1.54) is 24.3 Å². The molecule has 9 heteroatoms. The molecule has 0 saturated carbocycles.